The molecule has 0 amide bonds. The lowest BCUT2D eigenvalue weighted by Crippen LogP contribution is -2.13. The minimum Gasteiger partial charge on any atom is -0.309 e. The van der Waals surface area contributed by atoms with E-state index in [2.05, 4.69) is 99.8 Å². The van der Waals surface area contributed by atoms with Crippen molar-refractivity contribution in [3.05, 3.63) is 60.1 Å². The van der Waals surface area contributed by atoms with E-state index in [9.17, 15) is 0 Å². The summed E-state index contributed by atoms with van der Waals surface area (Å²) in [5, 5.41) is 0.781. The van der Waals surface area contributed by atoms with Crippen molar-refractivity contribution in [3.8, 4) is 0 Å². The van der Waals surface area contributed by atoms with Crippen LogP contribution < -0.4 is 0 Å². The monoisotopic (exact) mass is 656 g/mol. The van der Waals surface area contributed by atoms with Crippen LogP contribution in [-0.4, -0.2) is 30.8 Å². The number of unbranched alkanes of at least 4 members (excludes halogenated alkanes) is 18. The molecule has 0 spiro atoms. The van der Waals surface area contributed by atoms with E-state index in [1.54, 1.807) is 0 Å². The van der Waals surface area contributed by atoms with Gasteiger partial charge in [-0.25, -0.2) is 0 Å². The second kappa shape index (κ2) is 38.5. The zero-order valence-electron chi connectivity index (χ0n) is 31.8. The number of hydrogen-bond donors (Lipinski definition) is 0. The van der Waals surface area contributed by atoms with Crippen LogP contribution in [0.4, 0.5) is 0 Å². The summed E-state index contributed by atoms with van der Waals surface area (Å²) in [6, 6.07) is 0. The number of thioether (sulfide) groups is 1. The lowest BCUT2D eigenvalue weighted by atomic mass is 10.0. The Hall–Kier alpha value is -0.990. The summed E-state index contributed by atoms with van der Waals surface area (Å²) in [6.45, 7) is 10.2. The van der Waals surface area contributed by atoms with Gasteiger partial charge in [-0.2, -0.15) is 0 Å². The summed E-state index contributed by atoms with van der Waals surface area (Å²) in [5.41, 5.74) is 0. The minimum absolute atomic E-state index is 0.781. The zero-order chi connectivity index (χ0) is 33.6. The van der Waals surface area contributed by atoms with Gasteiger partial charge in [-0.3, -0.25) is 0 Å². The molecule has 0 rings (SSSR count). The fourth-order valence-electron chi connectivity index (χ4n) is 5.87. The van der Waals surface area contributed by atoms with E-state index in [4.69, 9.17) is 0 Å². The zero-order valence-corrected chi connectivity index (χ0v) is 32.6. The average molecular weight is 656 g/mol. The van der Waals surface area contributed by atoms with Gasteiger partial charge in [-0.1, -0.05) is 159 Å². The van der Waals surface area contributed by atoms with Gasteiger partial charge in [0.2, 0.25) is 0 Å². The van der Waals surface area contributed by atoms with Crippen LogP contribution in [0.1, 0.15) is 194 Å². The van der Waals surface area contributed by atoms with Crippen molar-refractivity contribution < 1.29 is 0 Å². The molecule has 46 heavy (non-hydrogen) atoms. The Balaban J connectivity index is 4.01. The summed E-state index contributed by atoms with van der Waals surface area (Å²) in [7, 11) is 4.35. The van der Waals surface area contributed by atoms with Crippen molar-refractivity contribution in [1.29, 1.82) is 0 Å². The molecule has 1 nitrogen and oxygen atoms in total. The molecule has 2 heteroatoms. The molecule has 0 atom stereocenters. The fraction of sp³-hybridized carbons (Fsp3) is 0.773. The molecule has 0 aliphatic carbocycles. The molecule has 0 aliphatic heterocycles. The summed E-state index contributed by atoms with van der Waals surface area (Å²) in [5.74, 6) is 0. The van der Waals surface area contributed by atoms with E-state index in [1.807, 2.05) is 0 Å². The van der Waals surface area contributed by atoms with Crippen molar-refractivity contribution in [2.75, 3.05) is 20.6 Å². The molecule has 0 aromatic heterocycles. The largest absolute Gasteiger partial charge is 0.309 e. The third-order valence-electron chi connectivity index (χ3n) is 8.85. The number of nitrogens with zero attached hydrogens (tertiary/aromatic N) is 1. The first-order valence-corrected chi connectivity index (χ1v) is 21.1. The summed E-state index contributed by atoms with van der Waals surface area (Å²) in [4.78, 5) is 3.72. The number of hydrogen-bond acceptors (Lipinski definition) is 2. The van der Waals surface area contributed by atoms with Gasteiger partial charge in [0.1, 0.15) is 0 Å². The maximum absolute atomic E-state index is 4.47. The highest BCUT2D eigenvalue weighted by Gasteiger charge is 2.11. The Morgan fingerprint density at radius 1 is 0.500 bits per heavy atom. The van der Waals surface area contributed by atoms with E-state index in [-0.39, 0.29) is 0 Å². The standard InChI is InChI=1S/C44H81NS/c1-6-8-10-12-14-16-18-20-22-24-26-28-30-32-34-36-40-44(46-43(3)39-38-42-45(4)5)41-37-35-33-31-29-27-25-23-21-19-17-15-13-11-9-7-2/h14-17,20-23,44H,3,6-13,18-19,24-42H2,1-2,4-5H3/b16-14-,17-15-,22-20-,23-21-. The van der Waals surface area contributed by atoms with E-state index in [1.165, 1.54) is 178 Å². The molecular formula is C44H81NS. The van der Waals surface area contributed by atoms with Crippen LogP contribution in [0.5, 0.6) is 0 Å². The Morgan fingerprint density at radius 3 is 1.26 bits per heavy atom. The van der Waals surface area contributed by atoms with Gasteiger partial charge in [0.15, 0.2) is 0 Å². The molecule has 0 fully saturated rings. The van der Waals surface area contributed by atoms with Crippen LogP contribution in [0.3, 0.4) is 0 Å². The molecule has 0 aliphatic rings. The van der Waals surface area contributed by atoms with Crippen molar-refractivity contribution in [2.24, 2.45) is 0 Å². The molecule has 0 aromatic rings. The second-order valence-electron chi connectivity index (χ2n) is 13.9. The highest BCUT2D eigenvalue weighted by molar-refractivity contribution is 8.03. The number of allylic oxidation sites excluding steroid dienone is 9. The summed E-state index contributed by atoms with van der Waals surface area (Å²) < 4.78 is 0. The van der Waals surface area contributed by atoms with Crippen LogP contribution >= 0.6 is 11.8 Å². The van der Waals surface area contributed by atoms with E-state index < -0.39 is 0 Å². The molecule has 0 aromatic carbocycles. The van der Waals surface area contributed by atoms with Crippen LogP contribution in [0.25, 0.3) is 0 Å². The average Bonchev–Trinajstić information content (AvgIpc) is 3.04. The Labute approximate surface area is 295 Å². The molecule has 0 N–H and O–H groups in total. The van der Waals surface area contributed by atoms with Gasteiger partial charge in [-0.15, -0.1) is 11.8 Å². The number of rotatable bonds is 36. The van der Waals surface area contributed by atoms with Crippen molar-refractivity contribution in [2.45, 2.75) is 199 Å². The first-order valence-electron chi connectivity index (χ1n) is 20.2. The quantitative estimate of drug-likeness (QED) is 0.0488. The van der Waals surface area contributed by atoms with Crippen LogP contribution in [0, 0.1) is 0 Å². The van der Waals surface area contributed by atoms with E-state index >= 15 is 0 Å². The lowest BCUT2D eigenvalue weighted by molar-refractivity contribution is 0.401. The maximum atomic E-state index is 4.47. The second-order valence-corrected chi connectivity index (χ2v) is 15.4. The molecule has 0 saturated carbocycles. The van der Waals surface area contributed by atoms with E-state index in [0.29, 0.717) is 0 Å². The first-order chi connectivity index (χ1) is 22.6. The van der Waals surface area contributed by atoms with E-state index in [0.717, 1.165) is 18.1 Å². The first kappa shape index (κ1) is 45.0. The highest BCUT2D eigenvalue weighted by Crippen LogP contribution is 2.31. The van der Waals surface area contributed by atoms with Gasteiger partial charge >= 0.3 is 0 Å². The molecule has 0 heterocycles. The maximum Gasteiger partial charge on any atom is 0.00909 e. The van der Waals surface area contributed by atoms with Gasteiger partial charge in [0.05, 0.1) is 0 Å². The predicted molar refractivity (Wildman–Crippen MR) is 216 cm³/mol. The minimum atomic E-state index is 0.781. The third-order valence-corrected chi connectivity index (χ3v) is 10.2. The topological polar surface area (TPSA) is 3.24 Å². The van der Waals surface area contributed by atoms with Crippen molar-refractivity contribution >= 4 is 11.8 Å². The Bertz CT molecular complexity index is 682. The Kier molecular flexibility index (Phi) is 37.6. The third kappa shape index (κ3) is 37.5. The SMILES string of the molecule is C=C(CCCN(C)C)SC(CCCCCCCC/C=C\C/C=C\CCCCC)CCCCCCCC/C=C\C/C=C\CCCCC. The molecule has 0 radical (unpaired) electrons. The van der Waals surface area contributed by atoms with Crippen molar-refractivity contribution in [3.63, 3.8) is 0 Å². The van der Waals surface area contributed by atoms with Gasteiger partial charge < -0.3 is 4.90 Å². The molecule has 0 saturated heterocycles. The normalized spacial score (nSPS) is 12.5. The van der Waals surface area contributed by atoms with Gasteiger partial charge in [-0.05, 0) is 115 Å². The molecular weight excluding hydrogens is 575 g/mol. The molecule has 268 valence electrons. The fourth-order valence-corrected chi connectivity index (χ4v) is 7.17. The highest BCUT2D eigenvalue weighted by atomic mass is 32.2. The smallest absolute Gasteiger partial charge is 0.00909 e. The van der Waals surface area contributed by atoms with Gasteiger partial charge in [0, 0.05) is 5.25 Å². The lowest BCUT2D eigenvalue weighted by Gasteiger charge is -2.18. The Morgan fingerprint density at radius 2 is 0.870 bits per heavy atom. The van der Waals surface area contributed by atoms with Crippen molar-refractivity contribution in [1.82, 2.24) is 4.90 Å². The predicted octanol–water partition coefficient (Wildman–Crippen LogP) is 15.4. The summed E-state index contributed by atoms with van der Waals surface area (Å²) in [6.07, 6.45) is 56.2. The van der Waals surface area contributed by atoms with Crippen LogP contribution in [0.15, 0.2) is 60.1 Å². The molecule has 0 bridgehead atoms. The van der Waals surface area contributed by atoms with Crippen LogP contribution in [-0.2, 0) is 0 Å². The summed E-state index contributed by atoms with van der Waals surface area (Å²) >= 11 is 2.13. The van der Waals surface area contributed by atoms with Crippen LogP contribution in [0.2, 0.25) is 0 Å². The molecule has 0 unspecified atom stereocenters. The van der Waals surface area contributed by atoms with Gasteiger partial charge in [0.25, 0.3) is 0 Å².